The summed E-state index contributed by atoms with van der Waals surface area (Å²) in [7, 11) is 0. The van der Waals surface area contributed by atoms with Gasteiger partial charge in [-0.25, -0.2) is 29.2 Å². The molecule has 0 amide bonds. The zero-order valence-electron chi connectivity index (χ0n) is 43.9. The van der Waals surface area contributed by atoms with Crippen LogP contribution >= 0.6 is 0 Å². The highest BCUT2D eigenvalue weighted by Gasteiger charge is 2.33. The molecule has 0 fully saturated rings. The molecule has 5 aliphatic rings. The van der Waals surface area contributed by atoms with E-state index >= 15 is 0 Å². The first-order valence-corrected chi connectivity index (χ1v) is 25.9. The van der Waals surface area contributed by atoms with Crippen LogP contribution in [0.4, 0.5) is 0 Å². The van der Waals surface area contributed by atoms with Crippen molar-refractivity contribution in [3.8, 4) is 46.0 Å². The number of carbonyl (C=O) groups excluding carboxylic acids is 4. The molecule has 0 aliphatic carbocycles. The summed E-state index contributed by atoms with van der Waals surface area (Å²) in [5, 5.41) is 29.3. The molecule has 24 heteroatoms. The molecule has 0 atom stereocenters. The minimum absolute atomic E-state index is 0.0397. The lowest BCUT2D eigenvalue weighted by Gasteiger charge is -2.29. The third-order valence-corrected chi connectivity index (χ3v) is 15.0. The first kappa shape index (κ1) is 52.7. The number of benzene rings is 8. The molecule has 8 aromatic rings. The maximum absolute atomic E-state index is 12.4. The molecule has 8 aromatic carbocycles. The molecule has 10 bridgehead atoms. The van der Waals surface area contributed by atoms with E-state index in [0.29, 0.717) is 92.1 Å². The van der Waals surface area contributed by atoms with Crippen LogP contribution in [0.1, 0.15) is 44.5 Å². The SMILES string of the molecule is NOC(=O)COc1ccc2cc3c4cc2c1CN=C(O)c1c(OCC(=O)ON)ccc2cc5c(cc12)OC1=C(C5)Cc2cc5ccc(OCC(=O)ON)c(c5cc2O1)C(O)=NCc1c(OCC(=O)ON)ccc2cc5c(cc12)OC(=C(C3)C5)O4. The predicted octanol–water partition coefficient (Wildman–Crippen LogP) is 6.37. The van der Waals surface area contributed by atoms with Crippen LogP contribution in [0.5, 0.6) is 46.0 Å². The Morgan fingerprint density at radius 3 is 1.01 bits per heavy atom. The van der Waals surface area contributed by atoms with Gasteiger partial charge in [0.25, 0.3) is 11.9 Å². The summed E-state index contributed by atoms with van der Waals surface area (Å²) in [5.41, 5.74) is 5.91. The third kappa shape index (κ3) is 9.64. The number of hydrogen-bond donors (Lipinski definition) is 6. The number of aliphatic imine (C=N–C) groups is 2. The summed E-state index contributed by atoms with van der Waals surface area (Å²) in [6.45, 7) is -2.88. The van der Waals surface area contributed by atoms with Gasteiger partial charge in [0.2, 0.25) is 11.8 Å². The Labute approximate surface area is 473 Å². The first-order valence-electron chi connectivity index (χ1n) is 25.9. The zero-order valence-corrected chi connectivity index (χ0v) is 43.9. The average molecular weight is 1140 g/mol. The Hall–Kier alpha value is -10.7. The van der Waals surface area contributed by atoms with Gasteiger partial charge >= 0.3 is 23.9 Å². The minimum Gasteiger partial charge on any atom is -0.493 e. The summed E-state index contributed by atoms with van der Waals surface area (Å²) in [6.07, 6.45) is 1.66. The van der Waals surface area contributed by atoms with Crippen LogP contribution in [0.3, 0.4) is 0 Å². The number of rotatable bonds is 12. The van der Waals surface area contributed by atoms with Gasteiger partial charge in [-0.2, -0.15) is 23.6 Å². The minimum atomic E-state index is -0.895. The van der Waals surface area contributed by atoms with Gasteiger partial charge in [0.1, 0.15) is 46.0 Å². The van der Waals surface area contributed by atoms with Crippen LogP contribution in [-0.2, 0) is 77.3 Å². The van der Waals surface area contributed by atoms with Crippen molar-refractivity contribution < 1.29 is 86.6 Å². The second-order valence-corrected chi connectivity index (χ2v) is 20.0. The second-order valence-electron chi connectivity index (χ2n) is 20.0. The van der Waals surface area contributed by atoms with Gasteiger partial charge < -0.3 is 67.5 Å². The monoisotopic (exact) mass is 1140 g/mol. The highest BCUT2D eigenvalue weighted by Crippen LogP contribution is 2.47. The molecule has 0 spiro atoms. The molecule has 13 rings (SSSR count). The van der Waals surface area contributed by atoms with Crippen LogP contribution in [0.25, 0.3) is 43.1 Å². The van der Waals surface area contributed by atoms with E-state index < -0.39 is 62.1 Å². The molecule has 424 valence electrons. The third-order valence-electron chi connectivity index (χ3n) is 15.0. The fraction of sp³-hybridized carbons (Fsp3) is 0.167. The molecule has 5 heterocycles. The standard InChI is InChI=1S/C60H46N6O18/c61-81-51(67)23-73-43-5-1-27-9-31-13-35-14-32-10-28-2-6-44(74-24-52(68)82-62)42-22-66-58(72)56-40-20-50-34(12-30(40)4-8-46(56)76-26-54(70)84-64)16-36-15-33-11-29-3-7-45(75-25-53(69)83-63)55(39(29)19-49(33)79-60(36)80-50)57(71)65-21-41(43)37(27)17-47(31)77-59(35)78-48(32)18-38(28)42/h1-12,17-20H,13-16,21-26,61-64H2,(H,65,71)(H,66,72). The van der Waals surface area contributed by atoms with Crippen LogP contribution < -0.4 is 61.5 Å². The van der Waals surface area contributed by atoms with Crippen molar-refractivity contribution in [1.29, 1.82) is 0 Å². The van der Waals surface area contributed by atoms with Crippen LogP contribution in [0.2, 0.25) is 0 Å². The Bertz CT molecular complexity index is 4070. The van der Waals surface area contributed by atoms with Crippen molar-refractivity contribution in [1.82, 2.24) is 0 Å². The molecule has 0 radical (unpaired) electrons. The summed E-state index contributed by atoms with van der Waals surface area (Å²) in [4.78, 5) is 76.4. The fourth-order valence-corrected chi connectivity index (χ4v) is 11.1. The van der Waals surface area contributed by atoms with Crippen molar-refractivity contribution in [2.45, 2.75) is 38.8 Å². The summed E-state index contributed by atoms with van der Waals surface area (Å²) in [5.74, 6) is 18.7. The molecule has 10 N–H and O–H groups in total. The first-order chi connectivity index (χ1) is 40.8. The van der Waals surface area contributed by atoms with Crippen molar-refractivity contribution in [2.75, 3.05) is 26.4 Å². The Balaban J connectivity index is 0.995. The van der Waals surface area contributed by atoms with Crippen molar-refractivity contribution in [3.05, 3.63) is 165 Å². The molecule has 0 unspecified atom stereocenters. The van der Waals surface area contributed by atoms with Gasteiger partial charge in [-0.1, -0.05) is 24.3 Å². The van der Waals surface area contributed by atoms with E-state index in [1.165, 1.54) is 0 Å². The highest BCUT2D eigenvalue weighted by molar-refractivity contribution is 6.11. The lowest BCUT2D eigenvalue weighted by Crippen LogP contribution is -2.21. The van der Waals surface area contributed by atoms with E-state index in [2.05, 4.69) is 19.4 Å². The maximum atomic E-state index is 12.4. The maximum Gasteiger partial charge on any atom is 0.362 e. The molecule has 0 saturated heterocycles. The number of ether oxygens (including phenoxy) is 8. The van der Waals surface area contributed by atoms with Gasteiger partial charge in [-0.3, -0.25) is 0 Å². The fourth-order valence-electron chi connectivity index (χ4n) is 11.1. The van der Waals surface area contributed by atoms with E-state index in [4.69, 9.17) is 71.5 Å². The smallest absolute Gasteiger partial charge is 0.362 e. The highest BCUT2D eigenvalue weighted by atomic mass is 16.7. The molecule has 84 heavy (non-hydrogen) atoms. The molecular weight excluding hydrogens is 1090 g/mol. The summed E-state index contributed by atoms with van der Waals surface area (Å²) >= 11 is 0. The van der Waals surface area contributed by atoms with Crippen molar-refractivity contribution in [3.63, 3.8) is 0 Å². The van der Waals surface area contributed by atoms with Crippen molar-refractivity contribution in [2.24, 2.45) is 33.6 Å². The van der Waals surface area contributed by atoms with E-state index in [9.17, 15) is 29.4 Å². The van der Waals surface area contributed by atoms with Crippen LogP contribution in [0.15, 0.2) is 130 Å². The Morgan fingerprint density at radius 2 is 0.690 bits per heavy atom. The number of nitrogens with zero attached hydrogens (tertiary/aromatic N) is 2. The molecular formula is C60H46N6O18. The van der Waals surface area contributed by atoms with Gasteiger partial charge in [-0.05, 0) is 127 Å². The number of hydrogen-bond acceptors (Lipinski definition) is 22. The van der Waals surface area contributed by atoms with E-state index in [-0.39, 0.29) is 59.1 Å². The summed E-state index contributed by atoms with van der Waals surface area (Å²) < 4.78 is 50.2. The molecule has 5 aliphatic heterocycles. The predicted molar refractivity (Wildman–Crippen MR) is 296 cm³/mol. The lowest BCUT2D eigenvalue weighted by molar-refractivity contribution is -0.147. The van der Waals surface area contributed by atoms with Gasteiger partial charge in [-0.15, -0.1) is 0 Å². The topological polar surface area (TPSA) is 348 Å². The van der Waals surface area contributed by atoms with Gasteiger partial charge in [0, 0.05) is 58.7 Å². The largest absolute Gasteiger partial charge is 0.493 e. The number of nitrogens with two attached hydrogens (primary N) is 4. The quantitative estimate of drug-likeness (QED) is 0.0724. The van der Waals surface area contributed by atoms with Gasteiger partial charge in [0.15, 0.2) is 26.4 Å². The van der Waals surface area contributed by atoms with Gasteiger partial charge in [0.05, 0.1) is 24.2 Å². The number of aliphatic hydroxyl groups excluding tert-OH is 2. The number of allylic oxidation sites excluding steroid dienone is 2. The Kier molecular flexibility index (Phi) is 13.4. The van der Waals surface area contributed by atoms with Crippen molar-refractivity contribution >= 4 is 78.8 Å². The number of aliphatic hydroxyl groups is 2. The normalized spacial score (nSPS) is 14.6. The zero-order chi connectivity index (χ0) is 57.9. The molecule has 0 aromatic heterocycles. The van der Waals surface area contributed by atoms with Crippen LogP contribution in [-0.4, -0.2) is 72.3 Å². The van der Waals surface area contributed by atoms with E-state index in [0.717, 1.165) is 44.2 Å². The Morgan fingerprint density at radius 1 is 0.405 bits per heavy atom. The molecule has 24 nitrogen and oxygen atoms in total. The lowest BCUT2D eigenvalue weighted by atomic mass is 9.90. The number of carbonyl (C=O) groups is 4. The van der Waals surface area contributed by atoms with Crippen LogP contribution in [0, 0.1) is 0 Å². The van der Waals surface area contributed by atoms with E-state index in [1.54, 1.807) is 60.7 Å². The van der Waals surface area contributed by atoms with E-state index in [1.807, 2.05) is 36.4 Å². The second kappa shape index (κ2) is 21.3. The summed E-state index contributed by atoms with van der Waals surface area (Å²) in [6, 6.07) is 28.4. The average Bonchev–Trinajstić information content (AvgIpc) is 1.22. The molecule has 0 saturated carbocycles.